The van der Waals surface area contributed by atoms with Gasteiger partial charge in [0.1, 0.15) is 0 Å². The molecule has 0 bridgehead atoms. The number of ether oxygens (including phenoxy) is 1. The van der Waals surface area contributed by atoms with Gasteiger partial charge in [0.25, 0.3) is 0 Å². The number of hydrogen-bond donors (Lipinski definition) is 0. The predicted octanol–water partition coefficient (Wildman–Crippen LogP) is 5.45. The lowest BCUT2D eigenvalue weighted by Crippen LogP contribution is -2.27. The minimum Gasteiger partial charge on any atom is -0.494 e. The fourth-order valence-corrected chi connectivity index (χ4v) is 3.09. The van der Waals surface area contributed by atoms with Gasteiger partial charge in [-0.3, -0.25) is 0 Å². The molecular formula is C23H23F4N3O. The van der Waals surface area contributed by atoms with Crippen molar-refractivity contribution in [3.8, 4) is 5.75 Å². The van der Waals surface area contributed by atoms with Crippen LogP contribution < -0.4 is 9.64 Å². The van der Waals surface area contributed by atoms with Crippen LogP contribution in [0.1, 0.15) is 29.2 Å². The minimum atomic E-state index is -4.38. The average molecular weight is 433 g/mol. The summed E-state index contributed by atoms with van der Waals surface area (Å²) in [5.41, 5.74) is 1.74. The summed E-state index contributed by atoms with van der Waals surface area (Å²) in [6.45, 7) is 2.77. The normalized spacial score (nSPS) is 11.4. The van der Waals surface area contributed by atoms with Gasteiger partial charge >= 0.3 is 6.18 Å². The van der Waals surface area contributed by atoms with E-state index >= 15 is 0 Å². The van der Waals surface area contributed by atoms with Gasteiger partial charge in [-0.15, -0.1) is 0 Å². The molecule has 0 N–H and O–H groups in total. The molecule has 0 aliphatic carbocycles. The van der Waals surface area contributed by atoms with E-state index in [0.29, 0.717) is 31.0 Å². The standard InChI is InChI=1S/C23H23F4N3O/c1-3-16-13-28-22(29-14-16)30(11-10-17-6-9-21(31-2)20(24)12-17)15-18-4-7-19(8-5-18)23(25,26)27/h4-9,12-14H,3,10-11,15H2,1-2H3. The maximum atomic E-state index is 14.0. The Morgan fingerprint density at radius 3 is 2.13 bits per heavy atom. The van der Waals surface area contributed by atoms with Gasteiger partial charge in [-0.2, -0.15) is 13.2 Å². The SMILES string of the molecule is CCc1cnc(N(CCc2ccc(OC)c(F)c2)Cc2ccc(C(F)(F)F)cc2)nc1. The molecular weight excluding hydrogens is 410 g/mol. The van der Waals surface area contributed by atoms with Crippen LogP contribution in [0.4, 0.5) is 23.5 Å². The number of anilines is 1. The summed E-state index contributed by atoms with van der Waals surface area (Å²) >= 11 is 0. The second-order valence-corrected chi connectivity index (χ2v) is 7.08. The van der Waals surface area contributed by atoms with E-state index in [2.05, 4.69) is 9.97 Å². The van der Waals surface area contributed by atoms with Crippen molar-refractivity contribution in [3.63, 3.8) is 0 Å². The van der Waals surface area contributed by atoms with Crippen LogP contribution >= 0.6 is 0 Å². The topological polar surface area (TPSA) is 38.2 Å². The van der Waals surface area contributed by atoms with Gasteiger partial charge in [-0.25, -0.2) is 14.4 Å². The Balaban J connectivity index is 1.79. The van der Waals surface area contributed by atoms with Gasteiger partial charge in [0.15, 0.2) is 11.6 Å². The van der Waals surface area contributed by atoms with Gasteiger partial charge in [0.2, 0.25) is 5.95 Å². The molecule has 0 saturated carbocycles. The second-order valence-electron chi connectivity index (χ2n) is 7.08. The Morgan fingerprint density at radius 2 is 1.58 bits per heavy atom. The fraction of sp³-hybridized carbons (Fsp3) is 0.304. The number of hydrogen-bond acceptors (Lipinski definition) is 4. The zero-order valence-corrected chi connectivity index (χ0v) is 17.3. The van der Waals surface area contributed by atoms with Crippen molar-refractivity contribution in [3.05, 3.63) is 82.9 Å². The number of halogens is 4. The molecule has 0 aliphatic rings. The van der Waals surface area contributed by atoms with Crippen LogP contribution in [0.3, 0.4) is 0 Å². The molecule has 31 heavy (non-hydrogen) atoms. The van der Waals surface area contributed by atoms with Gasteiger partial charge in [0, 0.05) is 25.5 Å². The third-order valence-corrected chi connectivity index (χ3v) is 4.92. The van der Waals surface area contributed by atoms with Crippen molar-refractivity contribution in [2.24, 2.45) is 0 Å². The van der Waals surface area contributed by atoms with Crippen molar-refractivity contribution in [2.45, 2.75) is 32.5 Å². The molecule has 0 aliphatic heterocycles. The first-order chi connectivity index (χ1) is 14.8. The Labute approximate surface area is 178 Å². The number of rotatable bonds is 8. The molecule has 0 saturated heterocycles. The van der Waals surface area contributed by atoms with Crippen LogP contribution in [0.2, 0.25) is 0 Å². The highest BCUT2D eigenvalue weighted by Crippen LogP contribution is 2.29. The number of aromatic nitrogens is 2. The smallest absolute Gasteiger partial charge is 0.416 e. The summed E-state index contributed by atoms with van der Waals surface area (Å²) in [5.74, 6) is 0.188. The Hall–Kier alpha value is -3.16. The van der Waals surface area contributed by atoms with Gasteiger partial charge in [-0.1, -0.05) is 25.1 Å². The quantitative estimate of drug-likeness (QED) is 0.443. The van der Waals surface area contributed by atoms with Gasteiger partial charge in [-0.05, 0) is 53.8 Å². The van der Waals surface area contributed by atoms with Crippen LogP contribution in [0, 0.1) is 5.82 Å². The lowest BCUT2D eigenvalue weighted by atomic mass is 10.1. The van der Waals surface area contributed by atoms with Crippen molar-refractivity contribution >= 4 is 5.95 Å². The maximum Gasteiger partial charge on any atom is 0.416 e. The first-order valence-corrected chi connectivity index (χ1v) is 9.84. The molecule has 0 amide bonds. The fourth-order valence-electron chi connectivity index (χ4n) is 3.09. The van der Waals surface area contributed by atoms with E-state index in [1.54, 1.807) is 24.5 Å². The van der Waals surface area contributed by atoms with Crippen LogP contribution in [0.5, 0.6) is 5.75 Å². The highest BCUT2D eigenvalue weighted by atomic mass is 19.4. The molecule has 0 radical (unpaired) electrons. The van der Waals surface area contributed by atoms with Crippen molar-refractivity contribution in [1.82, 2.24) is 9.97 Å². The van der Waals surface area contributed by atoms with Crippen molar-refractivity contribution < 1.29 is 22.3 Å². The number of nitrogens with zero attached hydrogens (tertiary/aromatic N) is 3. The van der Waals surface area contributed by atoms with E-state index in [9.17, 15) is 17.6 Å². The molecule has 1 aromatic heterocycles. The lowest BCUT2D eigenvalue weighted by molar-refractivity contribution is -0.137. The molecule has 164 valence electrons. The Morgan fingerprint density at radius 1 is 0.935 bits per heavy atom. The van der Waals surface area contributed by atoms with E-state index in [-0.39, 0.29) is 5.75 Å². The zero-order valence-electron chi connectivity index (χ0n) is 17.3. The molecule has 4 nitrogen and oxygen atoms in total. The highest BCUT2D eigenvalue weighted by Gasteiger charge is 2.30. The van der Waals surface area contributed by atoms with E-state index in [1.165, 1.54) is 25.3 Å². The summed E-state index contributed by atoms with van der Waals surface area (Å²) in [5, 5.41) is 0. The first-order valence-electron chi connectivity index (χ1n) is 9.84. The molecule has 0 fully saturated rings. The number of aryl methyl sites for hydroxylation is 1. The molecule has 1 heterocycles. The third kappa shape index (κ3) is 5.93. The highest BCUT2D eigenvalue weighted by molar-refractivity contribution is 5.35. The Kier molecular flexibility index (Phi) is 7.09. The molecule has 3 aromatic rings. The molecule has 2 aromatic carbocycles. The largest absolute Gasteiger partial charge is 0.494 e. The summed E-state index contributed by atoms with van der Waals surface area (Å²) in [6, 6.07) is 9.78. The lowest BCUT2D eigenvalue weighted by Gasteiger charge is -2.23. The molecule has 0 unspecified atom stereocenters. The van der Waals surface area contributed by atoms with E-state index in [4.69, 9.17) is 4.74 Å². The zero-order chi connectivity index (χ0) is 22.4. The molecule has 8 heteroatoms. The second kappa shape index (κ2) is 9.76. The molecule has 0 atom stereocenters. The van der Waals surface area contributed by atoms with Crippen LogP contribution in [0.25, 0.3) is 0 Å². The maximum absolute atomic E-state index is 14.0. The third-order valence-electron chi connectivity index (χ3n) is 4.92. The summed E-state index contributed by atoms with van der Waals surface area (Å²) in [7, 11) is 1.40. The van der Waals surface area contributed by atoms with Crippen molar-refractivity contribution in [2.75, 3.05) is 18.6 Å². The van der Waals surface area contributed by atoms with Gasteiger partial charge in [0.05, 0.1) is 12.7 Å². The summed E-state index contributed by atoms with van der Waals surface area (Å²) in [6.07, 6.45) is 0.380. The van der Waals surface area contributed by atoms with E-state index in [1.807, 2.05) is 11.8 Å². The first kappa shape index (κ1) is 22.5. The van der Waals surface area contributed by atoms with Crippen LogP contribution in [-0.4, -0.2) is 23.6 Å². The number of alkyl halides is 3. The number of benzene rings is 2. The molecule has 0 spiro atoms. The monoisotopic (exact) mass is 433 g/mol. The van der Waals surface area contributed by atoms with Crippen LogP contribution in [0.15, 0.2) is 54.9 Å². The summed E-state index contributed by atoms with van der Waals surface area (Å²) in [4.78, 5) is 10.7. The molecule has 3 rings (SSSR count). The van der Waals surface area contributed by atoms with Crippen LogP contribution in [-0.2, 0) is 25.6 Å². The minimum absolute atomic E-state index is 0.170. The number of methoxy groups -OCH3 is 1. The van der Waals surface area contributed by atoms with Crippen molar-refractivity contribution in [1.29, 1.82) is 0 Å². The summed E-state index contributed by atoms with van der Waals surface area (Å²) < 4.78 is 57.5. The Bertz CT molecular complexity index is 989. The predicted molar refractivity (Wildman–Crippen MR) is 111 cm³/mol. The average Bonchev–Trinajstić information content (AvgIpc) is 2.76. The van der Waals surface area contributed by atoms with Gasteiger partial charge < -0.3 is 9.64 Å². The van der Waals surface area contributed by atoms with E-state index < -0.39 is 17.6 Å². The van der Waals surface area contributed by atoms with E-state index in [0.717, 1.165) is 29.7 Å².